The van der Waals surface area contributed by atoms with Crippen molar-refractivity contribution in [1.29, 1.82) is 0 Å². The fourth-order valence-corrected chi connectivity index (χ4v) is 4.25. The lowest BCUT2D eigenvalue weighted by molar-refractivity contribution is 0.445. The van der Waals surface area contributed by atoms with Gasteiger partial charge in [-0.1, -0.05) is 24.3 Å². The second kappa shape index (κ2) is 9.26. The molecular weight excluding hydrogens is 438 g/mol. The Kier molecular flexibility index (Phi) is 6.35. The number of aryl methyl sites for hydroxylation is 3. The van der Waals surface area contributed by atoms with Crippen molar-refractivity contribution in [2.75, 3.05) is 4.90 Å². The lowest BCUT2D eigenvalue weighted by Gasteiger charge is -2.31. The SMILES string of the molecule is Cc1ccc(O)c(N(c2cccc(Oc3ccc(C)c(O)c3C)c2)c2c(O)ccc(C)c2C)c1C. The van der Waals surface area contributed by atoms with Gasteiger partial charge in [0, 0.05) is 11.6 Å². The van der Waals surface area contributed by atoms with E-state index >= 15 is 0 Å². The van der Waals surface area contributed by atoms with Crippen molar-refractivity contribution < 1.29 is 20.1 Å². The predicted molar refractivity (Wildman–Crippen MR) is 141 cm³/mol. The van der Waals surface area contributed by atoms with E-state index in [2.05, 4.69) is 0 Å². The maximum atomic E-state index is 11.0. The van der Waals surface area contributed by atoms with Crippen molar-refractivity contribution >= 4 is 17.1 Å². The van der Waals surface area contributed by atoms with Gasteiger partial charge in [0.15, 0.2) is 0 Å². The first-order chi connectivity index (χ1) is 16.6. The number of phenolic OH excluding ortho intramolecular Hbond substituents is 3. The van der Waals surface area contributed by atoms with Crippen LogP contribution >= 0.6 is 0 Å². The predicted octanol–water partition coefficient (Wildman–Crippen LogP) is 7.92. The normalized spacial score (nSPS) is 10.9. The minimum absolute atomic E-state index is 0.110. The van der Waals surface area contributed by atoms with Gasteiger partial charge >= 0.3 is 0 Å². The molecule has 0 fully saturated rings. The van der Waals surface area contributed by atoms with Gasteiger partial charge in [-0.3, -0.25) is 0 Å². The van der Waals surface area contributed by atoms with E-state index in [-0.39, 0.29) is 17.2 Å². The Morgan fingerprint density at radius 2 is 1.14 bits per heavy atom. The second-order valence-corrected chi connectivity index (χ2v) is 9.04. The Morgan fingerprint density at radius 1 is 0.600 bits per heavy atom. The van der Waals surface area contributed by atoms with Crippen LogP contribution in [0.5, 0.6) is 28.7 Å². The highest BCUT2D eigenvalue weighted by molar-refractivity contribution is 5.87. The van der Waals surface area contributed by atoms with E-state index in [0.717, 1.165) is 27.8 Å². The molecule has 0 atom stereocenters. The number of hydrogen-bond acceptors (Lipinski definition) is 5. The number of phenols is 3. The summed E-state index contributed by atoms with van der Waals surface area (Å²) >= 11 is 0. The molecule has 0 spiro atoms. The van der Waals surface area contributed by atoms with Crippen LogP contribution in [0.4, 0.5) is 17.1 Å². The molecule has 5 nitrogen and oxygen atoms in total. The van der Waals surface area contributed by atoms with Crippen LogP contribution in [-0.4, -0.2) is 15.3 Å². The van der Waals surface area contributed by atoms with Crippen molar-refractivity contribution in [3.05, 3.63) is 94.0 Å². The molecule has 180 valence electrons. The third-order valence-electron chi connectivity index (χ3n) is 6.69. The van der Waals surface area contributed by atoms with E-state index in [1.165, 1.54) is 0 Å². The van der Waals surface area contributed by atoms with Gasteiger partial charge < -0.3 is 25.0 Å². The molecule has 0 heterocycles. The quantitative estimate of drug-likeness (QED) is 0.277. The van der Waals surface area contributed by atoms with Gasteiger partial charge in [0.1, 0.15) is 28.7 Å². The minimum atomic E-state index is 0.110. The fraction of sp³-hybridized carbons (Fsp3) is 0.200. The molecule has 0 saturated carbocycles. The first-order valence-electron chi connectivity index (χ1n) is 11.6. The maximum Gasteiger partial charge on any atom is 0.139 e. The van der Waals surface area contributed by atoms with Crippen LogP contribution in [-0.2, 0) is 0 Å². The number of hydrogen-bond donors (Lipinski definition) is 3. The number of rotatable bonds is 5. The van der Waals surface area contributed by atoms with Crippen molar-refractivity contribution in [3.8, 4) is 28.7 Å². The standard InChI is InChI=1S/C30H31NO4/c1-17-10-13-25(32)28(20(17)4)31(29-21(5)18(2)11-14-26(29)33)23-8-7-9-24(16-23)35-27-15-12-19(3)30(34)22(27)6/h7-16,32-34H,1-6H3. The molecule has 0 aliphatic carbocycles. The Balaban J connectivity index is 1.92. The third-order valence-corrected chi connectivity index (χ3v) is 6.69. The Bertz CT molecular complexity index is 1370. The lowest BCUT2D eigenvalue weighted by Crippen LogP contribution is -2.14. The zero-order chi connectivity index (χ0) is 25.4. The molecule has 0 aromatic heterocycles. The van der Waals surface area contributed by atoms with E-state index in [1.54, 1.807) is 12.1 Å². The van der Waals surface area contributed by atoms with E-state index in [1.807, 2.05) is 95.0 Å². The monoisotopic (exact) mass is 469 g/mol. The molecule has 4 aromatic rings. The maximum absolute atomic E-state index is 11.0. The molecule has 0 unspecified atom stereocenters. The van der Waals surface area contributed by atoms with Gasteiger partial charge in [-0.15, -0.1) is 0 Å². The second-order valence-electron chi connectivity index (χ2n) is 9.04. The molecule has 5 heteroatoms. The number of benzene rings is 4. The molecule has 0 aliphatic heterocycles. The van der Waals surface area contributed by atoms with Crippen LogP contribution in [0.2, 0.25) is 0 Å². The Labute approximate surface area is 206 Å². The van der Waals surface area contributed by atoms with Crippen LogP contribution in [0, 0.1) is 41.5 Å². The first kappa shape index (κ1) is 24.0. The van der Waals surface area contributed by atoms with Gasteiger partial charge in [-0.05, 0) is 99.7 Å². The topological polar surface area (TPSA) is 73.2 Å². The largest absolute Gasteiger partial charge is 0.507 e. The van der Waals surface area contributed by atoms with Crippen LogP contribution in [0.3, 0.4) is 0 Å². The summed E-state index contributed by atoms with van der Waals surface area (Å²) in [5.41, 5.74) is 7.18. The molecule has 4 aromatic carbocycles. The van der Waals surface area contributed by atoms with Crippen LogP contribution in [0.25, 0.3) is 0 Å². The highest BCUT2D eigenvalue weighted by atomic mass is 16.5. The lowest BCUT2D eigenvalue weighted by atomic mass is 10.0. The highest BCUT2D eigenvalue weighted by Gasteiger charge is 2.24. The number of aromatic hydroxyl groups is 3. The molecule has 0 saturated heterocycles. The van der Waals surface area contributed by atoms with Gasteiger partial charge in [-0.2, -0.15) is 0 Å². The van der Waals surface area contributed by atoms with Crippen LogP contribution < -0.4 is 9.64 Å². The van der Waals surface area contributed by atoms with Crippen molar-refractivity contribution in [3.63, 3.8) is 0 Å². The molecule has 0 radical (unpaired) electrons. The average molecular weight is 470 g/mol. The van der Waals surface area contributed by atoms with Crippen molar-refractivity contribution in [1.82, 2.24) is 0 Å². The average Bonchev–Trinajstić information content (AvgIpc) is 2.83. The summed E-state index contributed by atoms with van der Waals surface area (Å²) in [6, 6.07) is 18.2. The number of nitrogens with zero attached hydrogens (tertiary/aromatic N) is 1. The van der Waals surface area contributed by atoms with Gasteiger partial charge in [0.05, 0.1) is 17.1 Å². The van der Waals surface area contributed by atoms with Gasteiger partial charge in [0.25, 0.3) is 0 Å². The molecular formula is C30H31NO4. The van der Waals surface area contributed by atoms with Crippen LogP contribution in [0.1, 0.15) is 33.4 Å². The summed E-state index contributed by atoms with van der Waals surface area (Å²) in [6.07, 6.45) is 0. The van der Waals surface area contributed by atoms with Crippen molar-refractivity contribution in [2.45, 2.75) is 41.5 Å². The molecule has 0 amide bonds. The van der Waals surface area contributed by atoms with Gasteiger partial charge in [-0.25, -0.2) is 0 Å². The number of ether oxygens (including phenoxy) is 1. The van der Waals surface area contributed by atoms with Gasteiger partial charge in [0.2, 0.25) is 0 Å². The summed E-state index contributed by atoms with van der Waals surface area (Å²) in [5, 5.41) is 32.3. The van der Waals surface area contributed by atoms with E-state index in [4.69, 9.17) is 4.74 Å². The van der Waals surface area contributed by atoms with Crippen LogP contribution in [0.15, 0.2) is 60.7 Å². The summed E-state index contributed by atoms with van der Waals surface area (Å²) in [4.78, 5) is 1.88. The van der Waals surface area contributed by atoms with E-state index < -0.39 is 0 Å². The molecule has 0 bridgehead atoms. The molecule has 0 aliphatic rings. The molecule has 35 heavy (non-hydrogen) atoms. The minimum Gasteiger partial charge on any atom is -0.507 e. The fourth-order valence-electron chi connectivity index (χ4n) is 4.25. The Hall–Kier alpha value is -4.12. The molecule has 4 rings (SSSR count). The Morgan fingerprint density at radius 3 is 1.71 bits per heavy atom. The summed E-state index contributed by atoms with van der Waals surface area (Å²) in [5.74, 6) is 1.55. The first-order valence-corrected chi connectivity index (χ1v) is 11.6. The summed E-state index contributed by atoms with van der Waals surface area (Å²) in [7, 11) is 0. The smallest absolute Gasteiger partial charge is 0.139 e. The summed E-state index contributed by atoms with van der Waals surface area (Å²) in [6.45, 7) is 11.6. The molecule has 3 N–H and O–H groups in total. The third kappa shape index (κ3) is 4.37. The zero-order valence-electron chi connectivity index (χ0n) is 21.0. The zero-order valence-corrected chi connectivity index (χ0v) is 21.0. The highest BCUT2D eigenvalue weighted by Crippen LogP contribution is 2.48. The van der Waals surface area contributed by atoms with E-state index in [0.29, 0.717) is 34.1 Å². The van der Waals surface area contributed by atoms with Crippen molar-refractivity contribution in [2.24, 2.45) is 0 Å². The van der Waals surface area contributed by atoms with E-state index in [9.17, 15) is 15.3 Å². The number of anilines is 3. The summed E-state index contributed by atoms with van der Waals surface area (Å²) < 4.78 is 6.16.